The van der Waals surface area contributed by atoms with Crippen LogP contribution in [-0.4, -0.2) is 12.4 Å². The van der Waals surface area contributed by atoms with Crippen molar-refractivity contribution in [3.8, 4) is 5.75 Å². The van der Waals surface area contributed by atoms with Gasteiger partial charge >= 0.3 is 0 Å². The molecule has 19 heavy (non-hydrogen) atoms. The average Bonchev–Trinajstić information content (AvgIpc) is 2.46. The fourth-order valence-corrected chi connectivity index (χ4v) is 1.82. The largest absolute Gasteiger partial charge is 0.485 e. The molecular weight excluding hydrogens is 260 g/mol. The molecule has 3 heteroatoms. The molecule has 0 aromatic heterocycles. The van der Waals surface area contributed by atoms with Crippen LogP contribution in [0.4, 0.5) is 0 Å². The van der Waals surface area contributed by atoms with Crippen molar-refractivity contribution in [3.63, 3.8) is 0 Å². The minimum Gasteiger partial charge on any atom is -0.485 e. The van der Waals surface area contributed by atoms with Crippen LogP contribution in [0.2, 0.25) is 5.02 Å². The Balaban J connectivity index is 1.95. The minimum absolute atomic E-state index is 0.0300. The molecule has 0 spiro atoms. The summed E-state index contributed by atoms with van der Waals surface area (Å²) in [5, 5.41) is 0.647. The summed E-state index contributed by atoms with van der Waals surface area (Å²) in [5.41, 5.74) is 1.89. The van der Waals surface area contributed by atoms with Gasteiger partial charge in [0, 0.05) is 10.6 Å². The van der Waals surface area contributed by atoms with E-state index in [1.54, 1.807) is 24.3 Å². The standard InChI is InChI=1S/C16H15ClO2/c1-2-12-3-5-13(6-4-12)16(18)11-19-15-9-7-14(17)8-10-15/h3-10H,2,11H2,1H3. The van der Waals surface area contributed by atoms with Crippen molar-refractivity contribution in [2.75, 3.05) is 6.61 Å². The molecular formula is C16H15ClO2. The van der Waals surface area contributed by atoms with Crippen molar-refractivity contribution in [1.82, 2.24) is 0 Å². The Morgan fingerprint density at radius 3 is 2.26 bits per heavy atom. The van der Waals surface area contributed by atoms with Gasteiger partial charge in [-0.2, -0.15) is 0 Å². The number of ether oxygens (including phenoxy) is 1. The number of hydrogen-bond donors (Lipinski definition) is 0. The summed E-state index contributed by atoms with van der Waals surface area (Å²) < 4.78 is 5.43. The lowest BCUT2D eigenvalue weighted by Gasteiger charge is -2.06. The number of carbonyl (C=O) groups is 1. The summed E-state index contributed by atoms with van der Waals surface area (Å²) in [6.07, 6.45) is 0.968. The monoisotopic (exact) mass is 274 g/mol. The first-order valence-electron chi connectivity index (χ1n) is 6.19. The van der Waals surface area contributed by atoms with Gasteiger partial charge in [0.1, 0.15) is 5.75 Å². The molecule has 0 heterocycles. The summed E-state index contributed by atoms with van der Waals surface area (Å²) in [6.45, 7) is 2.12. The minimum atomic E-state index is -0.0300. The van der Waals surface area contributed by atoms with Gasteiger partial charge in [0.15, 0.2) is 12.4 Å². The van der Waals surface area contributed by atoms with Gasteiger partial charge in [0.2, 0.25) is 0 Å². The molecule has 98 valence electrons. The van der Waals surface area contributed by atoms with Crippen LogP contribution in [0.5, 0.6) is 5.75 Å². The maximum atomic E-state index is 11.9. The molecule has 0 aliphatic rings. The molecule has 0 radical (unpaired) electrons. The third kappa shape index (κ3) is 3.83. The van der Waals surface area contributed by atoms with Crippen LogP contribution < -0.4 is 4.74 Å². The number of aryl methyl sites for hydroxylation is 1. The lowest BCUT2D eigenvalue weighted by atomic mass is 10.1. The van der Waals surface area contributed by atoms with Gasteiger partial charge in [0.05, 0.1) is 0 Å². The number of hydrogen-bond acceptors (Lipinski definition) is 2. The number of carbonyl (C=O) groups excluding carboxylic acids is 1. The van der Waals surface area contributed by atoms with Gasteiger partial charge in [-0.3, -0.25) is 4.79 Å². The molecule has 0 atom stereocenters. The molecule has 0 saturated heterocycles. The van der Waals surface area contributed by atoms with Crippen molar-refractivity contribution in [3.05, 3.63) is 64.7 Å². The van der Waals surface area contributed by atoms with Crippen LogP contribution in [0.1, 0.15) is 22.8 Å². The predicted molar refractivity (Wildman–Crippen MR) is 77.1 cm³/mol. The Morgan fingerprint density at radius 2 is 1.68 bits per heavy atom. The topological polar surface area (TPSA) is 26.3 Å². The first-order valence-corrected chi connectivity index (χ1v) is 6.57. The zero-order valence-corrected chi connectivity index (χ0v) is 11.5. The Morgan fingerprint density at radius 1 is 1.05 bits per heavy atom. The summed E-state index contributed by atoms with van der Waals surface area (Å²) >= 11 is 5.78. The van der Waals surface area contributed by atoms with Crippen molar-refractivity contribution in [2.45, 2.75) is 13.3 Å². The lowest BCUT2D eigenvalue weighted by molar-refractivity contribution is 0.0921. The Bertz CT molecular complexity index is 544. The van der Waals surface area contributed by atoms with Gasteiger partial charge in [0.25, 0.3) is 0 Å². The van der Waals surface area contributed by atoms with Gasteiger partial charge < -0.3 is 4.74 Å². The highest BCUT2D eigenvalue weighted by Gasteiger charge is 2.06. The van der Waals surface area contributed by atoms with E-state index in [-0.39, 0.29) is 12.4 Å². The summed E-state index contributed by atoms with van der Waals surface area (Å²) in [5.74, 6) is 0.612. The Kier molecular flexibility index (Phi) is 4.58. The zero-order valence-electron chi connectivity index (χ0n) is 10.7. The zero-order chi connectivity index (χ0) is 13.7. The second kappa shape index (κ2) is 6.39. The van der Waals surface area contributed by atoms with E-state index in [0.29, 0.717) is 16.3 Å². The predicted octanol–water partition coefficient (Wildman–Crippen LogP) is 4.16. The molecule has 0 amide bonds. The second-order valence-electron chi connectivity index (χ2n) is 4.22. The van der Waals surface area contributed by atoms with Crippen molar-refractivity contribution in [1.29, 1.82) is 0 Å². The SMILES string of the molecule is CCc1ccc(C(=O)COc2ccc(Cl)cc2)cc1. The fourth-order valence-electron chi connectivity index (χ4n) is 1.69. The summed E-state index contributed by atoms with van der Waals surface area (Å²) in [4.78, 5) is 11.9. The van der Waals surface area contributed by atoms with Crippen LogP contribution in [0.15, 0.2) is 48.5 Å². The van der Waals surface area contributed by atoms with Gasteiger partial charge in [-0.15, -0.1) is 0 Å². The molecule has 2 rings (SSSR count). The van der Waals surface area contributed by atoms with Crippen LogP contribution >= 0.6 is 11.6 Å². The fraction of sp³-hybridized carbons (Fsp3) is 0.188. The molecule has 0 fully saturated rings. The third-order valence-corrected chi connectivity index (χ3v) is 3.12. The second-order valence-corrected chi connectivity index (χ2v) is 4.65. The van der Waals surface area contributed by atoms with Crippen molar-refractivity contribution < 1.29 is 9.53 Å². The molecule has 2 nitrogen and oxygen atoms in total. The first kappa shape index (κ1) is 13.6. The van der Waals surface area contributed by atoms with E-state index >= 15 is 0 Å². The lowest BCUT2D eigenvalue weighted by Crippen LogP contribution is -2.11. The molecule has 0 bridgehead atoms. The highest BCUT2D eigenvalue weighted by atomic mass is 35.5. The number of benzene rings is 2. The van der Waals surface area contributed by atoms with E-state index in [0.717, 1.165) is 6.42 Å². The molecule has 2 aromatic rings. The van der Waals surface area contributed by atoms with Crippen LogP contribution in [0.25, 0.3) is 0 Å². The smallest absolute Gasteiger partial charge is 0.200 e. The maximum absolute atomic E-state index is 11.9. The molecule has 0 aliphatic heterocycles. The summed E-state index contributed by atoms with van der Waals surface area (Å²) in [7, 11) is 0. The number of ketones is 1. The van der Waals surface area contributed by atoms with Crippen molar-refractivity contribution >= 4 is 17.4 Å². The third-order valence-electron chi connectivity index (χ3n) is 2.87. The molecule has 2 aromatic carbocycles. The first-order chi connectivity index (χ1) is 9.19. The maximum Gasteiger partial charge on any atom is 0.200 e. The number of Topliss-reactive ketones (excluding diaryl/α,β-unsaturated/α-hetero) is 1. The number of halogens is 1. The highest BCUT2D eigenvalue weighted by molar-refractivity contribution is 6.30. The van der Waals surface area contributed by atoms with Crippen molar-refractivity contribution in [2.24, 2.45) is 0 Å². The average molecular weight is 275 g/mol. The summed E-state index contributed by atoms with van der Waals surface area (Å²) in [6, 6.07) is 14.6. The highest BCUT2D eigenvalue weighted by Crippen LogP contribution is 2.16. The van der Waals surface area contributed by atoms with Gasteiger partial charge in [-0.05, 0) is 36.2 Å². The van der Waals surface area contributed by atoms with Gasteiger partial charge in [-0.25, -0.2) is 0 Å². The molecule has 0 saturated carbocycles. The van der Waals surface area contributed by atoms with Crippen LogP contribution in [0, 0.1) is 0 Å². The van der Waals surface area contributed by atoms with E-state index in [1.807, 2.05) is 24.3 Å². The van der Waals surface area contributed by atoms with E-state index in [1.165, 1.54) is 5.56 Å². The molecule has 0 N–H and O–H groups in total. The van der Waals surface area contributed by atoms with E-state index < -0.39 is 0 Å². The van der Waals surface area contributed by atoms with E-state index in [4.69, 9.17) is 16.3 Å². The van der Waals surface area contributed by atoms with Gasteiger partial charge in [-0.1, -0.05) is 42.8 Å². The molecule has 0 aliphatic carbocycles. The van der Waals surface area contributed by atoms with Crippen LogP contribution in [-0.2, 0) is 6.42 Å². The molecule has 0 unspecified atom stereocenters. The van der Waals surface area contributed by atoms with E-state index in [9.17, 15) is 4.79 Å². The number of rotatable bonds is 5. The Labute approximate surface area is 118 Å². The quantitative estimate of drug-likeness (QED) is 0.765. The normalized spacial score (nSPS) is 10.2. The van der Waals surface area contributed by atoms with E-state index in [2.05, 4.69) is 6.92 Å². The van der Waals surface area contributed by atoms with Crippen LogP contribution in [0.3, 0.4) is 0 Å². The Hall–Kier alpha value is -1.80.